The van der Waals surface area contributed by atoms with Crippen LogP contribution < -0.4 is 5.73 Å². The fourth-order valence-electron chi connectivity index (χ4n) is 2.60. The number of benzene rings is 1. The number of nitrogens with two attached hydrogens (primary N) is 1. The van der Waals surface area contributed by atoms with Crippen molar-refractivity contribution in [3.05, 3.63) is 35.9 Å². The number of likely N-dealkylation sites (tertiary alicyclic amines) is 1. The molecule has 0 spiro atoms. The van der Waals surface area contributed by atoms with Gasteiger partial charge < -0.3 is 15.5 Å². The molecular weight excluding hydrogens is 238 g/mol. The van der Waals surface area contributed by atoms with Gasteiger partial charge in [-0.2, -0.15) is 0 Å². The van der Waals surface area contributed by atoms with Crippen LogP contribution in [0, 0.1) is 0 Å². The minimum atomic E-state index is -0.530. The molecule has 1 saturated heterocycles. The second kappa shape index (κ2) is 6.17. The number of piperidine rings is 1. The van der Waals surface area contributed by atoms with E-state index in [4.69, 9.17) is 5.73 Å². The molecule has 1 amide bonds. The molecule has 1 heterocycles. The summed E-state index contributed by atoms with van der Waals surface area (Å²) in [5.74, 6) is 0.0448. The molecule has 1 aromatic carbocycles. The quantitative estimate of drug-likeness (QED) is 0.890. The van der Waals surface area contributed by atoms with E-state index in [1.807, 2.05) is 35.2 Å². The summed E-state index contributed by atoms with van der Waals surface area (Å²) in [5, 5.41) is 0. The lowest BCUT2D eigenvalue weighted by Gasteiger charge is -2.36. The molecular formula is C15H23N3O. The number of hydrogen-bond acceptors (Lipinski definition) is 3. The lowest BCUT2D eigenvalue weighted by atomic mass is 10.0. The zero-order valence-electron chi connectivity index (χ0n) is 11.7. The molecule has 0 bridgehead atoms. The molecule has 4 nitrogen and oxygen atoms in total. The standard InChI is InChI=1S/C15H23N3O/c1-17(2)13-8-10-18(11-9-13)15(19)14(16)12-6-4-3-5-7-12/h3-7,13-14H,8-11,16H2,1-2H3/t14-/m1/s1. The number of carbonyl (C=O) groups is 1. The van der Waals surface area contributed by atoms with Crippen molar-refractivity contribution >= 4 is 5.91 Å². The lowest BCUT2D eigenvalue weighted by Crippen LogP contribution is -2.47. The summed E-state index contributed by atoms with van der Waals surface area (Å²) in [6.07, 6.45) is 2.06. The molecule has 2 rings (SSSR count). The van der Waals surface area contributed by atoms with Crippen molar-refractivity contribution in [3.63, 3.8) is 0 Å². The average molecular weight is 261 g/mol. The van der Waals surface area contributed by atoms with E-state index in [-0.39, 0.29) is 5.91 Å². The summed E-state index contributed by atoms with van der Waals surface area (Å²) in [7, 11) is 4.19. The molecule has 1 aliphatic heterocycles. The highest BCUT2D eigenvalue weighted by Gasteiger charge is 2.27. The third-order valence-corrected chi connectivity index (χ3v) is 3.93. The van der Waals surface area contributed by atoms with Crippen LogP contribution in [0.4, 0.5) is 0 Å². The second-order valence-electron chi connectivity index (χ2n) is 5.41. The van der Waals surface area contributed by atoms with Crippen LogP contribution in [0.1, 0.15) is 24.4 Å². The van der Waals surface area contributed by atoms with Gasteiger partial charge in [-0.25, -0.2) is 0 Å². The van der Waals surface area contributed by atoms with E-state index in [1.54, 1.807) is 0 Å². The second-order valence-corrected chi connectivity index (χ2v) is 5.41. The van der Waals surface area contributed by atoms with Crippen LogP contribution in [0.2, 0.25) is 0 Å². The van der Waals surface area contributed by atoms with Crippen molar-refractivity contribution in [2.45, 2.75) is 24.9 Å². The number of hydrogen-bond donors (Lipinski definition) is 1. The number of rotatable bonds is 3. The van der Waals surface area contributed by atoms with Crippen LogP contribution in [-0.4, -0.2) is 48.9 Å². The van der Waals surface area contributed by atoms with Gasteiger partial charge in [-0.3, -0.25) is 4.79 Å². The summed E-state index contributed by atoms with van der Waals surface area (Å²) >= 11 is 0. The molecule has 1 fully saturated rings. The molecule has 1 atom stereocenters. The highest BCUT2D eigenvalue weighted by atomic mass is 16.2. The minimum absolute atomic E-state index is 0.0448. The van der Waals surface area contributed by atoms with Crippen molar-refractivity contribution in [2.24, 2.45) is 5.73 Å². The van der Waals surface area contributed by atoms with Gasteiger partial charge in [0.1, 0.15) is 6.04 Å². The van der Waals surface area contributed by atoms with E-state index in [0.717, 1.165) is 31.5 Å². The first kappa shape index (κ1) is 14.0. The molecule has 2 N–H and O–H groups in total. The van der Waals surface area contributed by atoms with Gasteiger partial charge in [0.25, 0.3) is 0 Å². The fraction of sp³-hybridized carbons (Fsp3) is 0.533. The maximum absolute atomic E-state index is 12.4. The van der Waals surface area contributed by atoms with E-state index in [2.05, 4.69) is 19.0 Å². The Morgan fingerprint density at radius 3 is 2.37 bits per heavy atom. The van der Waals surface area contributed by atoms with E-state index < -0.39 is 6.04 Å². The SMILES string of the molecule is CN(C)C1CCN(C(=O)[C@H](N)c2ccccc2)CC1. The third-order valence-electron chi connectivity index (χ3n) is 3.93. The largest absolute Gasteiger partial charge is 0.341 e. The molecule has 4 heteroatoms. The lowest BCUT2D eigenvalue weighted by molar-refractivity contribution is -0.134. The predicted octanol–water partition coefficient (Wildman–Crippen LogP) is 1.24. The van der Waals surface area contributed by atoms with E-state index in [0.29, 0.717) is 6.04 Å². The van der Waals surface area contributed by atoms with Crippen molar-refractivity contribution < 1.29 is 4.79 Å². The average Bonchev–Trinajstić information content (AvgIpc) is 2.46. The zero-order valence-corrected chi connectivity index (χ0v) is 11.7. The Morgan fingerprint density at radius 2 is 1.84 bits per heavy atom. The normalized spacial score (nSPS) is 18.6. The maximum atomic E-state index is 12.4. The van der Waals surface area contributed by atoms with Crippen molar-refractivity contribution in [1.82, 2.24) is 9.80 Å². The number of carbonyl (C=O) groups excluding carboxylic acids is 1. The van der Waals surface area contributed by atoms with Gasteiger partial charge in [0.05, 0.1) is 0 Å². The molecule has 1 aliphatic rings. The Labute approximate surface area is 115 Å². The van der Waals surface area contributed by atoms with Gasteiger partial charge in [-0.15, -0.1) is 0 Å². The van der Waals surface area contributed by atoms with E-state index >= 15 is 0 Å². The fourth-order valence-corrected chi connectivity index (χ4v) is 2.60. The monoisotopic (exact) mass is 261 g/mol. The Kier molecular flexibility index (Phi) is 4.56. The van der Waals surface area contributed by atoms with Gasteiger partial charge in [0.2, 0.25) is 5.91 Å². The van der Waals surface area contributed by atoms with Crippen LogP contribution in [0.15, 0.2) is 30.3 Å². The Balaban J connectivity index is 1.94. The molecule has 0 saturated carbocycles. The maximum Gasteiger partial charge on any atom is 0.244 e. The van der Waals surface area contributed by atoms with E-state index in [9.17, 15) is 4.79 Å². The molecule has 19 heavy (non-hydrogen) atoms. The van der Waals surface area contributed by atoms with Crippen molar-refractivity contribution in [1.29, 1.82) is 0 Å². The van der Waals surface area contributed by atoms with Crippen molar-refractivity contribution in [3.8, 4) is 0 Å². The first-order chi connectivity index (χ1) is 9.09. The highest BCUT2D eigenvalue weighted by Crippen LogP contribution is 2.18. The summed E-state index contributed by atoms with van der Waals surface area (Å²) < 4.78 is 0. The van der Waals surface area contributed by atoms with Gasteiger partial charge in [0, 0.05) is 19.1 Å². The van der Waals surface area contributed by atoms with Crippen LogP contribution in [0.5, 0.6) is 0 Å². The topological polar surface area (TPSA) is 49.6 Å². The highest BCUT2D eigenvalue weighted by molar-refractivity contribution is 5.83. The minimum Gasteiger partial charge on any atom is -0.341 e. The van der Waals surface area contributed by atoms with Crippen molar-refractivity contribution in [2.75, 3.05) is 27.2 Å². The molecule has 1 aromatic rings. The molecule has 0 unspecified atom stereocenters. The third kappa shape index (κ3) is 3.33. The van der Waals surface area contributed by atoms with Gasteiger partial charge in [0.15, 0.2) is 0 Å². The van der Waals surface area contributed by atoms with Crippen LogP contribution >= 0.6 is 0 Å². The summed E-state index contributed by atoms with van der Waals surface area (Å²) in [5.41, 5.74) is 6.95. The Hall–Kier alpha value is -1.39. The van der Waals surface area contributed by atoms with Gasteiger partial charge in [-0.05, 0) is 32.5 Å². The predicted molar refractivity (Wildman–Crippen MR) is 76.7 cm³/mol. The summed E-state index contributed by atoms with van der Waals surface area (Å²) in [4.78, 5) is 16.5. The summed E-state index contributed by atoms with van der Waals surface area (Å²) in [6.45, 7) is 1.62. The zero-order chi connectivity index (χ0) is 13.8. The van der Waals surface area contributed by atoms with Gasteiger partial charge in [-0.1, -0.05) is 30.3 Å². The number of nitrogens with zero attached hydrogens (tertiary/aromatic N) is 2. The summed E-state index contributed by atoms with van der Waals surface area (Å²) in [6, 6.07) is 9.64. The smallest absolute Gasteiger partial charge is 0.244 e. The van der Waals surface area contributed by atoms with Crippen LogP contribution in [-0.2, 0) is 4.79 Å². The molecule has 0 aromatic heterocycles. The van der Waals surface area contributed by atoms with Gasteiger partial charge >= 0.3 is 0 Å². The van der Waals surface area contributed by atoms with Crippen LogP contribution in [0.25, 0.3) is 0 Å². The first-order valence-corrected chi connectivity index (χ1v) is 6.85. The molecule has 0 aliphatic carbocycles. The molecule has 104 valence electrons. The Morgan fingerprint density at radius 1 is 1.26 bits per heavy atom. The number of amides is 1. The molecule has 0 radical (unpaired) electrons. The van der Waals surface area contributed by atoms with Crippen LogP contribution in [0.3, 0.4) is 0 Å². The first-order valence-electron chi connectivity index (χ1n) is 6.85. The van der Waals surface area contributed by atoms with E-state index in [1.165, 1.54) is 0 Å². The Bertz CT molecular complexity index is 411.